The van der Waals surface area contributed by atoms with E-state index in [0.717, 1.165) is 25.7 Å². The Labute approximate surface area is 116 Å². The van der Waals surface area contributed by atoms with E-state index in [1.165, 1.54) is 12.1 Å². The molecule has 5 nitrogen and oxygen atoms in total. The Kier molecular flexibility index (Phi) is 4.44. The largest absolute Gasteiger partial charge is 0.478 e. The number of rotatable bonds is 3. The Morgan fingerprint density at radius 2 is 2.15 bits per heavy atom. The van der Waals surface area contributed by atoms with Crippen molar-refractivity contribution in [2.24, 2.45) is 0 Å². The predicted molar refractivity (Wildman–Crippen MR) is 74.5 cm³/mol. The first-order chi connectivity index (χ1) is 9.56. The summed E-state index contributed by atoms with van der Waals surface area (Å²) in [6, 6.07) is 2.46. The fraction of sp³-hybridized carbons (Fsp3) is 0.500. The lowest BCUT2D eigenvalue weighted by atomic mass is 10.1. The lowest BCUT2D eigenvalue weighted by Gasteiger charge is -2.32. The minimum Gasteiger partial charge on any atom is -0.478 e. The van der Waals surface area contributed by atoms with Gasteiger partial charge < -0.3 is 20.8 Å². The van der Waals surface area contributed by atoms with Crippen LogP contribution in [0.2, 0.25) is 0 Å². The molecular weight excluding hydrogens is 263 g/mol. The number of aromatic carboxylic acids is 1. The Hall–Kier alpha value is -1.82. The van der Waals surface area contributed by atoms with E-state index in [1.807, 2.05) is 4.90 Å². The molecule has 1 aromatic rings. The van der Waals surface area contributed by atoms with Crippen LogP contribution in [-0.4, -0.2) is 35.4 Å². The van der Waals surface area contributed by atoms with Gasteiger partial charge in [0.25, 0.3) is 0 Å². The van der Waals surface area contributed by atoms with Gasteiger partial charge in [-0.25, -0.2) is 9.18 Å². The van der Waals surface area contributed by atoms with Gasteiger partial charge in [-0.05, 0) is 25.0 Å². The molecule has 6 heteroatoms. The topological polar surface area (TPSA) is 86.8 Å². The second-order valence-corrected chi connectivity index (χ2v) is 5.04. The molecule has 20 heavy (non-hydrogen) atoms. The Morgan fingerprint density at radius 1 is 1.40 bits per heavy atom. The molecule has 0 amide bonds. The van der Waals surface area contributed by atoms with Gasteiger partial charge >= 0.3 is 5.97 Å². The number of nitrogen functional groups attached to an aromatic ring is 1. The van der Waals surface area contributed by atoms with Crippen molar-refractivity contribution < 1.29 is 19.4 Å². The van der Waals surface area contributed by atoms with E-state index in [-0.39, 0.29) is 23.9 Å². The summed E-state index contributed by atoms with van der Waals surface area (Å²) in [5.74, 6) is -1.99. The number of hydrogen-bond acceptors (Lipinski definition) is 4. The maximum atomic E-state index is 13.5. The lowest BCUT2D eigenvalue weighted by molar-refractivity contribution is 0.0698. The fourth-order valence-corrected chi connectivity index (χ4v) is 2.73. The minimum atomic E-state index is -1.25. The van der Waals surface area contributed by atoms with Gasteiger partial charge in [-0.15, -0.1) is 0 Å². The van der Waals surface area contributed by atoms with Crippen LogP contribution >= 0.6 is 0 Å². The van der Waals surface area contributed by atoms with Gasteiger partial charge in [-0.3, -0.25) is 0 Å². The molecule has 1 aromatic carbocycles. The minimum absolute atomic E-state index is 0.0592. The normalized spacial score (nSPS) is 19.7. The molecule has 1 heterocycles. The number of nitrogens with zero attached hydrogens (tertiary/aromatic N) is 1. The zero-order valence-electron chi connectivity index (χ0n) is 11.2. The van der Waals surface area contributed by atoms with Crippen molar-refractivity contribution in [3.8, 4) is 0 Å². The molecule has 4 N–H and O–H groups in total. The molecule has 1 saturated heterocycles. The lowest BCUT2D eigenvalue weighted by Crippen LogP contribution is -2.38. The summed E-state index contributed by atoms with van der Waals surface area (Å²) in [6.07, 6.45) is 3.71. The molecule has 1 aliphatic rings. The smallest absolute Gasteiger partial charge is 0.340 e. The van der Waals surface area contributed by atoms with Gasteiger partial charge in [0.05, 0.1) is 24.0 Å². The molecule has 110 valence electrons. The van der Waals surface area contributed by atoms with Crippen LogP contribution in [0.15, 0.2) is 12.1 Å². The number of carboxylic acids is 1. The first-order valence-corrected chi connectivity index (χ1v) is 6.75. The molecule has 1 atom stereocenters. The molecule has 2 rings (SSSR count). The Bertz CT molecular complexity index is 507. The number of carbonyl (C=O) groups is 1. The summed E-state index contributed by atoms with van der Waals surface area (Å²) in [4.78, 5) is 13.2. The maximum Gasteiger partial charge on any atom is 0.340 e. The number of nitrogens with two attached hydrogens (primary N) is 1. The fourth-order valence-electron chi connectivity index (χ4n) is 2.73. The monoisotopic (exact) mass is 282 g/mol. The van der Waals surface area contributed by atoms with Crippen LogP contribution < -0.4 is 10.6 Å². The van der Waals surface area contributed by atoms with Crippen LogP contribution in [0.1, 0.15) is 36.0 Å². The molecule has 0 saturated carbocycles. The summed E-state index contributed by atoms with van der Waals surface area (Å²) >= 11 is 0. The number of benzene rings is 1. The highest BCUT2D eigenvalue weighted by Crippen LogP contribution is 2.32. The van der Waals surface area contributed by atoms with Crippen LogP contribution in [0.3, 0.4) is 0 Å². The number of aliphatic hydroxyl groups is 1. The molecule has 0 bridgehead atoms. The first-order valence-electron chi connectivity index (χ1n) is 6.75. The zero-order chi connectivity index (χ0) is 14.7. The average molecular weight is 282 g/mol. The predicted octanol–water partition coefficient (Wildman–Crippen LogP) is 1.85. The molecule has 0 aromatic heterocycles. The van der Waals surface area contributed by atoms with Gasteiger partial charge in [0.15, 0.2) is 0 Å². The third kappa shape index (κ3) is 2.70. The number of aliphatic hydroxyl groups excluding tert-OH is 1. The average Bonchev–Trinajstić information content (AvgIpc) is 2.66. The SMILES string of the molecule is Nc1c(F)ccc(N2CCCCCC2CO)c1C(=O)O. The van der Waals surface area contributed by atoms with Crippen molar-refractivity contribution in [3.05, 3.63) is 23.5 Å². The molecule has 1 fully saturated rings. The third-order valence-corrected chi connectivity index (χ3v) is 3.78. The Balaban J connectivity index is 2.49. The number of halogens is 1. The van der Waals surface area contributed by atoms with Crippen molar-refractivity contribution in [2.45, 2.75) is 31.7 Å². The summed E-state index contributed by atoms with van der Waals surface area (Å²) < 4.78 is 13.5. The van der Waals surface area contributed by atoms with E-state index in [9.17, 15) is 19.4 Å². The van der Waals surface area contributed by atoms with Crippen LogP contribution in [0.25, 0.3) is 0 Å². The van der Waals surface area contributed by atoms with E-state index in [2.05, 4.69) is 0 Å². The second kappa shape index (κ2) is 6.09. The zero-order valence-corrected chi connectivity index (χ0v) is 11.2. The van der Waals surface area contributed by atoms with Crippen LogP contribution in [-0.2, 0) is 0 Å². The Morgan fingerprint density at radius 3 is 2.80 bits per heavy atom. The van der Waals surface area contributed by atoms with Gasteiger partial charge in [0.2, 0.25) is 0 Å². The van der Waals surface area contributed by atoms with E-state index in [1.54, 1.807) is 0 Å². The van der Waals surface area contributed by atoms with Crippen LogP contribution in [0, 0.1) is 5.82 Å². The van der Waals surface area contributed by atoms with Gasteiger partial charge in [0, 0.05) is 6.54 Å². The number of hydrogen-bond donors (Lipinski definition) is 3. The second-order valence-electron chi connectivity index (χ2n) is 5.04. The molecule has 1 unspecified atom stereocenters. The van der Waals surface area contributed by atoms with Gasteiger partial charge in [-0.1, -0.05) is 12.8 Å². The highest BCUT2D eigenvalue weighted by molar-refractivity contribution is 6.00. The summed E-state index contributed by atoms with van der Waals surface area (Å²) in [7, 11) is 0. The van der Waals surface area contributed by atoms with Crippen LogP contribution in [0.5, 0.6) is 0 Å². The van der Waals surface area contributed by atoms with E-state index in [0.29, 0.717) is 12.2 Å². The van der Waals surface area contributed by atoms with Crippen molar-refractivity contribution in [2.75, 3.05) is 23.8 Å². The van der Waals surface area contributed by atoms with E-state index >= 15 is 0 Å². The highest BCUT2D eigenvalue weighted by atomic mass is 19.1. The molecule has 0 spiro atoms. The summed E-state index contributed by atoms with van der Waals surface area (Å²) in [5.41, 5.74) is 5.39. The molecule has 1 aliphatic heterocycles. The van der Waals surface area contributed by atoms with Crippen molar-refractivity contribution in [3.63, 3.8) is 0 Å². The molecular formula is C14H19FN2O3. The van der Waals surface area contributed by atoms with Crippen molar-refractivity contribution in [1.29, 1.82) is 0 Å². The highest BCUT2D eigenvalue weighted by Gasteiger charge is 2.27. The van der Waals surface area contributed by atoms with E-state index < -0.39 is 11.8 Å². The quantitative estimate of drug-likeness (QED) is 0.736. The van der Waals surface area contributed by atoms with Gasteiger partial charge in [-0.2, -0.15) is 0 Å². The summed E-state index contributed by atoms with van der Waals surface area (Å²) in [5, 5.41) is 18.8. The standard InChI is InChI=1S/C14H19FN2O3/c15-10-5-6-11(12(13(10)16)14(19)20)17-7-3-1-2-4-9(17)8-18/h5-6,9,18H,1-4,7-8,16H2,(H,19,20). The molecule has 0 radical (unpaired) electrons. The first kappa shape index (κ1) is 14.6. The molecule has 0 aliphatic carbocycles. The van der Waals surface area contributed by atoms with Crippen molar-refractivity contribution in [1.82, 2.24) is 0 Å². The van der Waals surface area contributed by atoms with Gasteiger partial charge in [0.1, 0.15) is 11.4 Å². The van der Waals surface area contributed by atoms with Crippen LogP contribution in [0.4, 0.5) is 15.8 Å². The van der Waals surface area contributed by atoms with Crippen molar-refractivity contribution >= 4 is 17.3 Å². The van der Waals surface area contributed by atoms with E-state index in [4.69, 9.17) is 5.73 Å². The third-order valence-electron chi connectivity index (χ3n) is 3.78. The summed E-state index contributed by atoms with van der Waals surface area (Å²) in [6.45, 7) is 0.576. The number of carboxylic acid groups (broad SMARTS) is 1. The number of anilines is 2. The maximum absolute atomic E-state index is 13.5.